The Labute approximate surface area is 445 Å². The van der Waals surface area contributed by atoms with E-state index in [1.165, 1.54) is 308 Å². The van der Waals surface area contributed by atoms with E-state index in [4.69, 9.17) is 4.74 Å². The molecule has 1 amide bonds. The van der Waals surface area contributed by atoms with E-state index >= 15 is 0 Å². The quantitative estimate of drug-likeness (QED) is 0.0417. The van der Waals surface area contributed by atoms with Crippen molar-refractivity contribution in [2.45, 2.75) is 392 Å². The molecule has 6 heteroatoms. The second kappa shape index (κ2) is 61.4. The van der Waals surface area contributed by atoms with Crippen LogP contribution in [0.5, 0.6) is 0 Å². The highest BCUT2D eigenvalue weighted by molar-refractivity contribution is 5.76. The Balaban J connectivity index is 3.34. The number of rotatable bonds is 62. The van der Waals surface area contributed by atoms with E-state index < -0.39 is 12.1 Å². The van der Waals surface area contributed by atoms with Crippen LogP contribution in [-0.4, -0.2) is 47.4 Å². The zero-order chi connectivity index (χ0) is 51.4. The number of nitrogens with one attached hydrogen (secondary N) is 1. The topological polar surface area (TPSA) is 95.9 Å². The van der Waals surface area contributed by atoms with Crippen LogP contribution in [0.25, 0.3) is 0 Å². The van der Waals surface area contributed by atoms with Gasteiger partial charge < -0.3 is 20.3 Å². The Kier molecular flexibility index (Phi) is 60.4. The summed E-state index contributed by atoms with van der Waals surface area (Å²) >= 11 is 0. The summed E-state index contributed by atoms with van der Waals surface area (Å²) < 4.78 is 5.50. The Morgan fingerprint density at radius 3 is 0.859 bits per heavy atom. The van der Waals surface area contributed by atoms with E-state index in [-0.39, 0.29) is 18.5 Å². The van der Waals surface area contributed by atoms with E-state index in [0.29, 0.717) is 25.9 Å². The van der Waals surface area contributed by atoms with Gasteiger partial charge in [0, 0.05) is 12.8 Å². The molecule has 0 rings (SSSR count). The number of esters is 1. The smallest absolute Gasteiger partial charge is 0.305 e. The van der Waals surface area contributed by atoms with Crippen molar-refractivity contribution >= 4 is 11.9 Å². The lowest BCUT2D eigenvalue weighted by Gasteiger charge is -2.22. The Hall–Kier alpha value is -1.14. The van der Waals surface area contributed by atoms with Gasteiger partial charge in [-0.25, -0.2) is 0 Å². The predicted octanol–water partition coefficient (Wildman–Crippen LogP) is 20.6. The predicted molar refractivity (Wildman–Crippen MR) is 310 cm³/mol. The molecule has 0 aliphatic carbocycles. The molecule has 71 heavy (non-hydrogen) atoms. The monoisotopic (exact) mass is 1000 g/mol. The Morgan fingerprint density at radius 1 is 0.338 bits per heavy atom. The highest BCUT2D eigenvalue weighted by Crippen LogP contribution is 2.19. The average Bonchev–Trinajstić information content (AvgIpc) is 3.37. The fraction of sp³-hybridized carbons (Fsp3) is 0.969. The third-order valence-corrected chi connectivity index (χ3v) is 15.7. The number of ether oxygens (including phenoxy) is 1. The molecule has 0 fully saturated rings. The van der Waals surface area contributed by atoms with Gasteiger partial charge in [-0.2, -0.15) is 0 Å². The normalized spacial score (nSPS) is 12.5. The molecular weight excluding hydrogens is 875 g/mol. The molecule has 0 aliphatic rings. The minimum atomic E-state index is -0.662. The van der Waals surface area contributed by atoms with Crippen LogP contribution in [0.15, 0.2) is 0 Å². The summed E-state index contributed by atoms with van der Waals surface area (Å²) in [7, 11) is 0. The molecule has 0 spiro atoms. The maximum atomic E-state index is 12.5. The molecule has 0 saturated heterocycles. The van der Waals surface area contributed by atoms with Crippen molar-refractivity contribution in [3.63, 3.8) is 0 Å². The van der Waals surface area contributed by atoms with E-state index in [1.54, 1.807) is 0 Å². The maximum Gasteiger partial charge on any atom is 0.305 e. The lowest BCUT2D eigenvalue weighted by atomic mass is 10.0. The van der Waals surface area contributed by atoms with E-state index in [1.807, 2.05) is 0 Å². The zero-order valence-electron chi connectivity index (χ0n) is 48.5. The van der Waals surface area contributed by atoms with Gasteiger partial charge in [0.1, 0.15) is 0 Å². The molecule has 0 saturated carbocycles. The maximum absolute atomic E-state index is 12.5. The van der Waals surface area contributed by atoms with Gasteiger partial charge in [0.2, 0.25) is 5.91 Å². The summed E-state index contributed by atoms with van der Waals surface area (Å²) in [6.45, 7) is 4.99. The summed E-state index contributed by atoms with van der Waals surface area (Å²) in [6, 6.07) is -0.539. The number of hydrogen-bond donors (Lipinski definition) is 3. The van der Waals surface area contributed by atoms with Crippen molar-refractivity contribution in [1.29, 1.82) is 0 Å². The molecule has 0 aliphatic heterocycles. The molecule has 0 radical (unpaired) electrons. The fourth-order valence-electron chi connectivity index (χ4n) is 10.6. The molecule has 2 unspecified atom stereocenters. The minimum absolute atomic E-state index is 0.0195. The first-order valence-electron chi connectivity index (χ1n) is 32.8. The number of carbonyl (C=O) groups is 2. The van der Waals surface area contributed by atoms with Gasteiger partial charge in [0.15, 0.2) is 0 Å². The van der Waals surface area contributed by atoms with Gasteiger partial charge in [-0.15, -0.1) is 0 Å². The number of amides is 1. The van der Waals surface area contributed by atoms with Gasteiger partial charge in [0.05, 0.1) is 25.4 Å². The van der Waals surface area contributed by atoms with Gasteiger partial charge in [-0.1, -0.05) is 341 Å². The zero-order valence-corrected chi connectivity index (χ0v) is 48.5. The SMILES string of the molecule is CCCCCCCCCCCCCCCCCC(=O)OCCCCCCCCCCCCCCCCCCCCCCCCCCC(=O)NC(CO)C(O)CCCCCCCCCCCCCCCCC. The van der Waals surface area contributed by atoms with Gasteiger partial charge in [0.25, 0.3) is 0 Å². The van der Waals surface area contributed by atoms with Crippen molar-refractivity contribution in [2.24, 2.45) is 0 Å². The van der Waals surface area contributed by atoms with Crippen molar-refractivity contribution in [3.8, 4) is 0 Å². The van der Waals surface area contributed by atoms with Crippen molar-refractivity contribution < 1.29 is 24.5 Å². The minimum Gasteiger partial charge on any atom is -0.466 e. The number of hydrogen-bond acceptors (Lipinski definition) is 5. The molecule has 3 N–H and O–H groups in total. The second-order valence-electron chi connectivity index (χ2n) is 22.8. The van der Waals surface area contributed by atoms with E-state index in [0.717, 1.165) is 38.5 Å². The molecule has 6 nitrogen and oxygen atoms in total. The van der Waals surface area contributed by atoms with Crippen molar-refractivity contribution in [2.75, 3.05) is 13.2 Å². The molecule has 0 aromatic carbocycles. The van der Waals surface area contributed by atoms with Crippen molar-refractivity contribution in [3.05, 3.63) is 0 Å². The van der Waals surface area contributed by atoms with Crippen LogP contribution in [-0.2, 0) is 14.3 Å². The molecule has 0 bridgehead atoms. The largest absolute Gasteiger partial charge is 0.466 e. The highest BCUT2D eigenvalue weighted by Gasteiger charge is 2.20. The van der Waals surface area contributed by atoms with E-state index in [2.05, 4.69) is 19.2 Å². The van der Waals surface area contributed by atoms with Crippen molar-refractivity contribution in [1.82, 2.24) is 5.32 Å². The van der Waals surface area contributed by atoms with Crippen LogP contribution in [0.3, 0.4) is 0 Å². The first kappa shape index (κ1) is 69.9. The first-order chi connectivity index (χ1) is 35.0. The summed E-state index contributed by atoms with van der Waals surface area (Å²) in [5, 5.41) is 23.3. The van der Waals surface area contributed by atoms with Crippen LogP contribution in [0, 0.1) is 0 Å². The first-order valence-corrected chi connectivity index (χ1v) is 32.8. The van der Waals surface area contributed by atoms with E-state index in [9.17, 15) is 19.8 Å². The van der Waals surface area contributed by atoms with Crippen LogP contribution >= 0.6 is 0 Å². The highest BCUT2D eigenvalue weighted by atomic mass is 16.5. The third kappa shape index (κ3) is 58.0. The Morgan fingerprint density at radius 2 is 0.577 bits per heavy atom. The van der Waals surface area contributed by atoms with Crippen LogP contribution < -0.4 is 5.32 Å². The summed E-state index contributed by atoms with van der Waals surface area (Å²) in [5.74, 6) is -0.0109. The molecule has 2 atom stereocenters. The summed E-state index contributed by atoms with van der Waals surface area (Å²) in [6.07, 6.45) is 72.7. The number of aliphatic hydroxyl groups excluding tert-OH is 2. The third-order valence-electron chi connectivity index (χ3n) is 15.7. The van der Waals surface area contributed by atoms with Crippen LogP contribution in [0.2, 0.25) is 0 Å². The lowest BCUT2D eigenvalue weighted by Crippen LogP contribution is -2.45. The molecule has 424 valence electrons. The van der Waals surface area contributed by atoms with Gasteiger partial charge in [-0.05, 0) is 25.7 Å². The summed E-state index contributed by atoms with van der Waals surface area (Å²) in [5.41, 5.74) is 0. The number of unbranched alkanes of at least 4 members (excludes halogenated alkanes) is 51. The van der Waals surface area contributed by atoms with Gasteiger partial charge in [-0.3, -0.25) is 9.59 Å². The lowest BCUT2D eigenvalue weighted by molar-refractivity contribution is -0.143. The molecule has 0 aromatic rings. The Bertz CT molecular complexity index is 1020. The molecular formula is C65H129NO5. The number of carbonyl (C=O) groups excluding carboxylic acids is 2. The summed E-state index contributed by atoms with van der Waals surface area (Å²) in [4.78, 5) is 24.6. The van der Waals surface area contributed by atoms with Gasteiger partial charge >= 0.3 is 5.97 Å². The molecule has 0 aromatic heterocycles. The standard InChI is InChI=1S/C65H129NO5/c1-3-5-7-9-11-13-15-17-29-33-37-41-45-49-53-57-63(68)62(61-67)66-64(69)58-54-50-46-42-38-34-31-27-25-23-21-19-20-22-24-26-28-32-36-40-44-48-52-56-60-71-65(70)59-55-51-47-43-39-35-30-18-16-14-12-10-8-6-4-2/h62-63,67-68H,3-61H2,1-2H3,(H,66,69). The fourth-order valence-corrected chi connectivity index (χ4v) is 10.6. The molecule has 0 heterocycles. The average molecular weight is 1000 g/mol. The van der Waals surface area contributed by atoms with Crippen LogP contribution in [0.4, 0.5) is 0 Å². The number of aliphatic hydroxyl groups is 2. The second-order valence-corrected chi connectivity index (χ2v) is 22.8. The van der Waals surface area contributed by atoms with Crippen LogP contribution in [0.1, 0.15) is 380 Å².